The van der Waals surface area contributed by atoms with Gasteiger partial charge in [-0.25, -0.2) is 10.5 Å². The number of rotatable bonds is 11. The minimum absolute atomic E-state index is 0.0666. The highest BCUT2D eigenvalue weighted by molar-refractivity contribution is 7.99. The summed E-state index contributed by atoms with van der Waals surface area (Å²) in [6.07, 6.45) is 5.92. The summed E-state index contributed by atoms with van der Waals surface area (Å²) in [6.45, 7) is 7.38. The second-order valence-electron chi connectivity index (χ2n) is 11.5. The Hall–Kier alpha value is -3.23. The molecule has 0 spiro atoms. The van der Waals surface area contributed by atoms with Crippen LogP contribution in [0.5, 0.6) is 0 Å². The van der Waals surface area contributed by atoms with Crippen molar-refractivity contribution in [2.24, 2.45) is 23.5 Å². The highest BCUT2D eigenvalue weighted by Crippen LogP contribution is 2.27. The third-order valence-corrected chi connectivity index (χ3v) is 9.14. The molecule has 1 fully saturated rings. The van der Waals surface area contributed by atoms with E-state index in [9.17, 15) is 28.0 Å². The number of benzene rings is 2. The number of hydrazine groups is 1. The number of allylic oxidation sites excluding steroid dienone is 1. The SMILES string of the molecule is CC(C)C[C@H](C(=O)NN(C(=O)[C@@H](C)N)C1CCSCC1)[C@@H](C/C=C/c1ccccc1)C(=O)NO.Cc1ccc(S(=O)(=O)O)cc1. The number of amides is 3. The van der Waals surface area contributed by atoms with Gasteiger partial charge in [0.2, 0.25) is 11.8 Å². The Morgan fingerprint density at radius 1 is 1.00 bits per heavy atom. The molecule has 3 rings (SSSR count). The Morgan fingerprint density at radius 2 is 1.60 bits per heavy atom. The first-order valence-electron chi connectivity index (χ1n) is 14.9. The first-order valence-corrected chi connectivity index (χ1v) is 17.5. The fourth-order valence-corrected chi connectivity index (χ4v) is 6.38. The number of aryl methyl sites for hydroxylation is 1. The van der Waals surface area contributed by atoms with Gasteiger partial charge in [-0.05, 0) is 74.7 Å². The van der Waals surface area contributed by atoms with Crippen LogP contribution in [0.2, 0.25) is 0 Å². The Morgan fingerprint density at radius 3 is 2.11 bits per heavy atom. The fourth-order valence-electron chi connectivity index (χ4n) is 4.81. The summed E-state index contributed by atoms with van der Waals surface area (Å²) in [4.78, 5) is 38.9. The molecule has 11 nitrogen and oxygen atoms in total. The smallest absolute Gasteiger partial charge is 0.294 e. The van der Waals surface area contributed by atoms with Gasteiger partial charge in [0, 0.05) is 0 Å². The second kappa shape index (κ2) is 18.7. The predicted molar refractivity (Wildman–Crippen MR) is 176 cm³/mol. The van der Waals surface area contributed by atoms with Crippen LogP contribution in [0, 0.1) is 24.7 Å². The number of nitrogens with one attached hydrogen (secondary N) is 2. The van der Waals surface area contributed by atoms with Crippen molar-refractivity contribution < 1.29 is 32.6 Å². The Kier molecular flexibility index (Phi) is 15.7. The van der Waals surface area contributed by atoms with Gasteiger partial charge in [-0.3, -0.25) is 29.6 Å². The molecule has 248 valence electrons. The molecule has 2 aromatic rings. The number of nitrogens with zero attached hydrogens (tertiary/aromatic N) is 1. The van der Waals surface area contributed by atoms with E-state index in [4.69, 9.17) is 10.3 Å². The van der Waals surface area contributed by atoms with Crippen molar-refractivity contribution in [2.75, 3.05) is 11.5 Å². The zero-order chi connectivity index (χ0) is 33.6. The quantitative estimate of drug-likeness (QED) is 0.134. The summed E-state index contributed by atoms with van der Waals surface area (Å²) in [5.74, 6) is -1.01. The summed E-state index contributed by atoms with van der Waals surface area (Å²) < 4.78 is 29.6. The molecule has 2 aromatic carbocycles. The first kappa shape index (κ1) is 38.0. The lowest BCUT2D eigenvalue weighted by atomic mass is 9.82. The molecule has 3 atom stereocenters. The van der Waals surface area contributed by atoms with Crippen LogP contribution in [0.4, 0.5) is 0 Å². The van der Waals surface area contributed by atoms with E-state index in [1.54, 1.807) is 24.5 Å². The van der Waals surface area contributed by atoms with E-state index in [1.807, 2.05) is 75.0 Å². The van der Waals surface area contributed by atoms with Gasteiger partial charge in [0.1, 0.15) is 0 Å². The van der Waals surface area contributed by atoms with E-state index in [1.165, 1.54) is 17.1 Å². The van der Waals surface area contributed by atoms with Gasteiger partial charge in [0.05, 0.1) is 28.8 Å². The highest BCUT2D eigenvalue weighted by atomic mass is 32.2. The van der Waals surface area contributed by atoms with E-state index < -0.39 is 39.8 Å². The molecule has 6 N–H and O–H groups in total. The lowest BCUT2D eigenvalue weighted by Gasteiger charge is -2.37. The van der Waals surface area contributed by atoms with Crippen LogP contribution in [-0.4, -0.2) is 64.5 Å². The van der Waals surface area contributed by atoms with Crippen LogP contribution in [0.1, 0.15) is 57.6 Å². The third kappa shape index (κ3) is 13.0. The number of nitrogens with two attached hydrogens (primary N) is 1. The maximum absolute atomic E-state index is 13.5. The van der Waals surface area contributed by atoms with E-state index in [0.717, 1.165) is 35.5 Å². The Balaban J connectivity index is 0.000000537. The van der Waals surface area contributed by atoms with Crippen molar-refractivity contribution in [3.8, 4) is 0 Å². The number of hydrogen-bond donors (Lipinski definition) is 5. The Labute approximate surface area is 270 Å². The predicted octanol–water partition coefficient (Wildman–Crippen LogP) is 4.22. The number of carbonyl (C=O) groups excluding carboxylic acids is 3. The van der Waals surface area contributed by atoms with E-state index in [0.29, 0.717) is 6.42 Å². The van der Waals surface area contributed by atoms with Crippen LogP contribution >= 0.6 is 11.8 Å². The average molecular weight is 663 g/mol. The number of carbonyl (C=O) groups is 3. The van der Waals surface area contributed by atoms with Gasteiger partial charge in [-0.1, -0.05) is 74.0 Å². The molecule has 0 radical (unpaired) electrons. The average Bonchev–Trinajstić information content (AvgIpc) is 3.01. The zero-order valence-electron chi connectivity index (χ0n) is 26.3. The van der Waals surface area contributed by atoms with Crippen LogP contribution in [0.15, 0.2) is 65.6 Å². The zero-order valence-corrected chi connectivity index (χ0v) is 27.9. The maximum Gasteiger partial charge on any atom is 0.294 e. The lowest BCUT2D eigenvalue weighted by Crippen LogP contribution is -2.59. The van der Waals surface area contributed by atoms with Gasteiger partial charge in [0.25, 0.3) is 16.0 Å². The monoisotopic (exact) mass is 662 g/mol. The molecule has 0 saturated carbocycles. The molecule has 13 heteroatoms. The highest BCUT2D eigenvalue weighted by Gasteiger charge is 2.37. The Bertz CT molecular complexity index is 1360. The van der Waals surface area contributed by atoms with Crippen molar-refractivity contribution in [3.63, 3.8) is 0 Å². The van der Waals surface area contributed by atoms with E-state index in [-0.39, 0.29) is 29.2 Å². The van der Waals surface area contributed by atoms with Crippen molar-refractivity contribution in [3.05, 3.63) is 71.8 Å². The molecule has 0 bridgehead atoms. The standard InChI is InChI=1S/C25H38N4O4S.C7H8O3S/c1-17(2)16-22(21(24(31)28-33)11-7-10-19-8-5-4-6-9-19)23(30)27-29(25(32)18(3)26)20-12-14-34-15-13-20;1-6-2-4-7(5-3-6)11(8,9)10/h4-10,17-18,20-22,33H,11-16,26H2,1-3H3,(H,27,30)(H,28,31);2-5H,1H3,(H,8,9,10)/b10-7+;/t18-,21-,22+;/m1./s1. The number of thioether (sulfide) groups is 1. The van der Waals surface area contributed by atoms with Gasteiger partial charge in [0.15, 0.2) is 0 Å². The number of hydrogen-bond acceptors (Lipinski definition) is 8. The largest absolute Gasteiger partial charge is 0.320 e. The lowest BCUT2D eigenvalue weighted by molar-refractivity contribution is -0.150. The van der Waals surface area contributed by atoms with Gasteiger partial charge in [-0.2, -0.15) is 20.2 Å². The van der Waals surface area contributed by atoms with Crippen LogP contribution in [0.3, 0.4) is 0 Å². The summed E-state index contributed by atoms with van der Waals surface area (Å²) in [5.41, 5.74) is 12.3. The summed E-state index contributed by atoms with van der Waals surface area (Å²) in [7, 11) is -4.02. The van der Waals surface area contributed by atoms with Crippen LogP contribution < -0.4 is 16.6 Å². The van der Waals surface area contributed by atoms with Gasteiger partial charge < -0.3 is 5.73 Å². The maximum atomic E-state index is 13.5. The molecule has 3 amide bonds. The molecule has 0 aliphatic carbocycles. The molecule has 1 aliphatic heterocycles. The molecular formula is C32H46N4O7S2. The molecule has 0 unspecified atom stereocenters. The molecule has 1 saturated heterocycles. The van der Waals surface area contributed by atoms with Crippen molar-refractivity contribution >= 4 is 45.7 Å². The van der Waals surface area contributed by atoms with Gasteiger partial charge in [-0.15, -0.1) is 0 Å². The molecule has 1 heterocycles. The molecule has 0 aromatic heterocycles. The van der Waals surface area contributed by atoms with E-state index >= 15 is 0 Å². The minimum atomic E-state index is -4.02. The van der Waals surface area contributed by atoms with Crippen LogP contribution in [0.25, 0.3) is 6.08 Å². The summed E-state index contributed by atoms with van der Waals surface area (Å²) in [6, 6.07) is 14.7. The summed E-state index contributed by atoms with van der Waals surface area (Å²) in [5, 5.41) is 10.8. The molecule has 1 aliphatic rings. The normalized spacial score (nSPS) is 15.8. The first-order chi connectivity index (χ1) is 21.2. The van der Waals surface area contributed by atoms with Crippen molar-refractivity contribution in [1.29, 1.82) is 0 Å². The minimum Gasteiger partial charge on any atom is -0.320 e. The molecular weight excluding hydrogens is 617 g/mol. The fraction of sp³-hybridized carbons (Fsp3) is 0.469. The second-order valence-corrected chi connectivity index (χ2v) is 14.1. The van der Waals surface area contributed by atoms with Crippen LogP contribution in [-0.2, 0) is 24.5 Å². The van der Waals surface area contributed by atoms with E-state index in [2.05, 4.69) is 5.43 Å². The topological polar surface area (TPSA) is 179 Å². The van der Waals surface area contributed by atoms with Crippen molar-refractivity contribution in [1.82, 2.24) is 15.9 Å². The third-order valence-electron chi connectivity index (χ3n) is 7.23. The number of hydroxylamine groups is 1. The molecule has 45 heavy (non-hydrogen) atoms. The van der Waals surface area contributed by atoms with Gasteiger partial charge >= 0.3 is 0 Å². The van der Waals surface area contributed by atoms with Crippen molar-refractivity contribution in [2.45, 2.75) is 70.4 Å². The summed E-state index contributed by atoms with van der Waals surface area (Å²) >= 11 is 1.82.